The average Bonchev–Trinajstić information content (AvgIpc) is 2.54. The molecule has 130 valence electrons. The maximum absolute atomic E-state index is 12.2. The van der Waals surface area contributed by atoms with Gasteiger partial charge in [-0.1, -0.05) is 12.1 Å². The van der Waals surface area contributed by atoms with Gasteiger partial charge in [0.25, 0.3) is 5.69 Å². The van der Waals surface area contributed by atoms with Crippen molar-refractivity contribution in [3.63, 3.8) is 0 Å². The highest BCUT2D eigenvalue weighted by atomic mass is 16.6. The Bertz CT molecular complexity index is 635. The molecule has 1 unspecified atom stereocenters. The van der Waals surface area contributed by atoms with Gasteiger partial charge in [-0.25, -0.2) is 4.79 Å². The van der Waals surface area contributed by atoms with Gasteiger partial charge in [0.05, 0.1) is 17.6 Å². The third kappa shape index (κ3) is 4.42. The van der Waals surface area contributed by atoms with E-state index in [4.69, 9.17) is 9.84 Å². The minimum atomic E-state index is -1.10. The summed E-state index contributed by atoms with van der Waals surface area (Å²) in [6.07, 6.45) is -1.28. The maximum atomic E-state index is 12.2. The van der Waals surface area contributed by atoms with Crippen molar-refractivity contribution < 1.29 is 24.4 Å². The lowest BCUT2D eigenvalue weighted by Gasteiger charge is -2.35. The molecule has 24 heavy (non-hydrogen) atoms. The third-order valence-corrected chi connectivity index (χ3v) is 3.64. The fraction of sp³-hybridized carbons (Fsp3) is 0.467. The van der Waals surface area contributed by atoms with Crippen molar-refractivity contribution in [1.82, 2.24) is 4.90 Å². The van der Waals surface area contributed by atoms with Crippen LogP contribution in [-0.2, 0) is 14.3 Å². The number of amides is 1. The number of benzene rings is 1. The standard InChI is InChI=1S/C15H19N3O6/c1-10-8-17(9-13(24-10)15(20)21)14(19)6-7-16-11-4-2-3-5-12(11)18(22)23/h2-5,10,13,16H,6-9H2,1H3,(H,20,21)/t10-,13?/m1/s1. The summed E-state index contributed by atoms with van der Waals surface area (Å²) in [7, 11) is 0. The monoisotopic (exact) mass is 337 g/mol. The molecular formula is C15H19N3O6. The Hall–Kier alpha value is -2.68. The van der Waals surface area contributed by atoms with Gasteiger partial charge in [-0.2, -0.15) is 0 Å². The molecule has 1 aromatic rings. The van der Waals surface area contributed by atoms with E-state index in [0.717, 1.165) is 0 Å². The summed E-state index contributed by atoms with van der Waals surface area (Å²) >= 11 is 0. The van der Waals surface area contributed by atoms with Crippen molar-refractivity contribution in [3.05, 3.63) is 34.4 Å². The smallest absolute Gasteiger partial charge is 0.334 e. The second-order valence-electron chi connectivity index (χ2n) is 5.52. The summed E-state index contributed by atoms with van der Waals surface area (Å²) in [6, 6.07) is 6.18. The number of ether oxygens (including phenoxy) is 1. The average molecular weight is 337 g/mol. The van der Waals surface area contributed by atoms with Crippen LogP contribution in [0, 0.1) is 10.1 Å². The number of anilines is 1. The highest BCUT2D eigenvalue weighted by molar-refractivity contribution is 5.79. The van der Waals surface area contributed by atoms with Gasteiger partial charge in [-0.05, 0) is 13.0 Å². The van der Waals surface area contributed by atoms with Gasteiger partial charge < -0.3 is 20.1 Å². The van der Waals surface area contributed by atoms with Crippen LogP contribution in [-0.4, -0.2) is 58.6 Å². The van der Waals surface area contributed by atoms with Crippen LogP contribution in [0.1, 0.15) is 13.3 Å². The molecular weight excluding hydrogens is 318 g/mol. The second-order valence-corrected chi connectivity index (χ2v) is 5.52. The molecule has 9 nitrogen and oxygen atoms in total. The predicted molar refractivity (Wildman–Crippen MR) is 84.8 cm³/mol. The van der Waals surface area contributed by atoms with Gasteiger partial charge in [-0.15, -0.1) is 0 Å². The van der Waals surface area contributed by atoms with Crippen molar-refractivity contribution >= 4 is 23.3 Å². The Morgan fingerprint density at radius 2 is 2.12 bits per heavy atom. The SMILES string of the molecule is C[C@@H]1CN(C(=O)CCNc2ccccc2[N+](=O)[O-])CC(C(=O)O)O1. The quantitative estimate of drug-likeness (QED) is 0.588. The molecule has 1 heterocycles. The van der Waals surface area contributed by atoms with E-state index in [1.165, 1.54) is 11.0 Å². The number of aliphatic carboxylic acids is 1. The zero-order chi connectivity index (χ0) is 17.7. The van der Waals surface area contributed by atoms with E-state index in [9.17, 15) is 19.7 Å². The Morgan fingerprint density at radius 1 is 1.42 bits per heavy atom. The van der Waals surface area contributed by atoms with E-state index in [2.05, 4.69) is 5.32 Å². The van der Waals surface area contributed by atoms with Crippen molar-refractivity contribution in [3.8, 4) is 0 Å². The zero-order valence-electron chi connectivity index (χ0n) is 13.2. The topological polar surface area (TPSA) is 122 Å². The molecule has 0 spiro atoms. The van der Waals surface area contributed by atoms with Crippen molar-refractivity contribution in [2.45, 2.75) is 25.6 Å². The molecule has 0 bridgehead atoms. The minimum Gasteiger partial charge on any atom is -0.479 e. The lowest BCUT2D eigenvalue weighted by Crippen LogP contribution is -2.52. The lowest BCUT2D eigenvalue weighted by molar-refractivity contribution is -0.384. The van der Waals surface area contributed by atoms with E-state index in [0.29, 0.717) is 12.2 Å². The number of hydrogen-bond donors (Lipinski definition) is 2. The van der Waals surface area contributed by atoms with Crippen LogP contribution in [0.3, 0.4) is 0 Å². The highest BCUT2D eigenvalue weighted by Crippen LogP contribution is 2.23. The van der Waals surface area contributed by atoms with Gasteiger partial charge in [0.1, 0.15) is 5.69 Å². The number of nitrogens with one attached hydrogen (secondary N) is 1. The summed E-state index contributed by atoms with van der Waals surface area (Å²) in [6.45, 7) is 2.26. The first-order chi connectivity index (χ1) is 11.4. The van der Waals surface area contributed by atoms with E-state index in [-0.39, 0.29) is 37.2 Å². The van der Waals surface area contributed by atoms with E-state index in [1.54, 1.807) is 25.1 Å². The summed E-state index contributed by atoms with van der Waals surface area (Å²) in [4.78, 5) is 35.1. The molecule has 0 radical (unpaired) electrons. The van der Waals surface area contributed by atoms with Gasteiger partial charge >= 0.3 is 5.97 Å². The Morgan fingerprint density at radius 3 is 2.79 bits per heavy atom. The number of carboxylic acid groups (broad SMARTS) is 1. The maximum Gasteiger partial charge on any atom is 0.334 e. The van der Waals surface area contributed by atoms with Crippen LogP contribution in [0.25, 0.3) is 0 Å². The number of carbonyl (C=O) groups is 2. The number of hydrogen-bond acceptors (Lipinski definition) is 6. The number of nitro benzene ring substituents is 1. The number of carboxylic acids is 1. The Labute approximate surface area is 138 Å². The third-order valence-electron chi connectivity index (χ3n) is 3.64. The number of carbonyl (C=O) groups excluding carboxylic acids is 1. The molecule has 2 N–H and O–H groups in total. The molecule has 1 fully saturated rings. The van der Waals surface area contributed by atoms with Crippen LogP contribution in [0.2, 0.25) is 0 Å². The van der Waals surface area contributed by atoms with E-state index >= 15 is 0 Å². The molecule has 1 amide bonds. The van der Waals surface area contributed by atoms with Gasteiger partial charge in [0.15, 0.2) is 6.10 Å². The van der Waals surface area contributed by atoms with Crippen LogP contribution in [0.5, 0.6) is 0 Å². The first kappa shape index (κ1) is 17.7. The number of nitrogens with zero attached hydrogens (tertiary/aromatic N) is 2. The number of nitro groups is 1. The molecule has 2 rings (SSSR count). The first-order valence-corrected chi connectivity index (χ1v) is 7.52. The molecule has 1 aliphatic heterocycles. The van der Waals surface area contributed by atoms with Crippen LogP contribution in [0.4, 0.5) is 11.4 Å². The summed E-state index contributed by atoms with van der Waals surface area (Å²) < 4.78 is 5.26. The van der Waals surface area contributed by atoms with Crippen molar-refractivity contribution in [2.24, 2.45) is 0 Å². The van der Waals surface area contributed by atoms with Crippen molar-refractivity contribution in [2.75, 3.05) is 25.0 Å². The number of morpholine rings is 1. The fourth-order valence-corrected chi connectivity index (χ4v) is 2.54. The first-order valence-electron chi connectivity index (χ1n) is 7.52. The molecule has 1 aromatic carbocycles. The lowest BCUT2D eigenvalue weighted by atomic mass is 10.2. The molecule has 1 aliphatic rings. The predicted octanol–water partition coefficient (Wildman–Crippen LogP) is 1.10. The molecule has 0 aliphatic carbocycles. The molecule has 9 heteroatoms. The van der Waals surface area contributed by atoms with Crippen molar-refractivity contribution in [1.29, 1.82) is 0 Å². The Kier molecular flexibility index (Phi) is 5.69. The van der Waals surface area contributed by atoms with Crippen LogP contribution in [0.15, 0.2) is 24.3 Å². The molecule has 1 saturated heterocycles. The van der Waals surface area contributed by atoms with Crippen LogP contribution < -0.4 is 5.32 Å². The molecule has 0 aromatic heterocycles. The summed E-state index contributed by atoms with van der Waals surface area (Å²) in [5.74, 6) is -1.32. The largest absolute Gasteiger partial charge is 0.479 e. The molecule has 0 saturated carbocycles. The summed E-state index contributed by atoms with van der Waals surface area (Å²) in [5.41, 5.74) is 0.282. The van der Waals surface area contributed by atoms with Crippen LogP contribution >= 0.6 is 0 Å². The second kappa shape index (κ2) is 7.73. The van der Waals surface area contributed by atoms with Gasteiger partial charge in [-0.3, -0.25) is 14.9 Å². The van der Waals surface area contributed by atoms with E-state index < -0.39 is 17.0 Å². The normalized spacial score (nSPS) is 20.5. The summed E-state index contributed by atoms with van der Waals surface area (Å²) in [5, 5.41) is 22.8. The van der Waals surface area contributed by atoms with Gasteiger partial charge in [0, 0.05) is 25.6 Å². The Balaban J connectivity index is 1.89. The highest BCUT2D eigenvalue weighted by Gasteiger charge is 2.32. The van der Waals surface area contributed by atoms with Gasteiger partial charge in [0.2, 0.25) is 5.91 Å². The van der Waals surface area contributed by atoms with E-state index in [1.807, 2.05) is 0 Å². The number of para-hydroxylation sites is 2. The molecule has 2 atom stereocenters. The zero-order valence-corrected chi connectivity index (χ0v) is 13.2. The minimum absolute atomic E-state index is 0.00396. The number of rotatable bonds is 6. The fourth-order valence-electron chi connectivity index (χ4n) is 2.54.